The molecule has 0 bridgehead atoms. The molecule has 3 heterocycles. The molecule has 2 amide bonds. The smallest absolute Gasteiger partial charge is 0.323 e. The SMILES string of the molecule is C[C@@H]1CN(c2ccc(NC(=O)Nc3ccc(N4CCCCC4)nc3)cc2F)C[C@@H](C)O1. The van der Waals surface area contributed by atoms with E-state index < -0.39 is 6.03 Å². The van der Waals surface area contributed by atoms with E-state index in [-0.39, 0.29) is 18.0 Å². The van der Waals surface area contributed by atoms with E-state index in [1.807, 2.05) is 30.9 Å². The number of hydrogen-bond acceptors (Lipinski definition) is 5. The molecule has 0 radical (unpaired) electrons. The minimum absolute atomic E-state index is 0.0432. The van der Waals surface area contributed by atoms with Gasteiger partial charge in [-0.15, -0.1) is 0 Å². The van der Waals surface area contributed by atoms with Crippen LogP contribution in [0.1, 0.15) is 33.1 Å². The number of halogens is 1. The summed E-state index contributed by atoms with van der Waals surface area (Å²) in [5.74, 6) is 0.557. The number of nitrogens with zero attached hydrogens (tertiary/aromatic N) is 3. The van der Waals surface area contributed by atoms with Crippen LogP contribution in [-0.4, -0.2) is 49.4 Å². The van der Waals surface area contributed by atoms with Crippen molar-refractivity contribution < 1.29 is 13.9 Å². The Labute approximate surface area is 182 Å². The molecule has 0 unspecified atom stereocenters. The van der Waals surface area contributed by atoms with Gasteiger partial charge in [0.15, 0.2) is 0 Å². The Morgan fingerprint density at radius 1 is 1.00 bits per heavy atom. The van der Waals surface area contributed by atoms with Gasteiger partial charge >= 0.3 is 6.03 Å². The molecule has 2 aliphatic rings. The van der Waals surface area contributed by atoms with Crippen molar-refractivity contribution in [3.63, 3.8) is 0 Å². The molecule has 2 N–H and O–H groups in total. The molecule has 166 valence electrons. The summed E-state index contributed by atoms with van der Waals surface area (Å²) in [5.41, 5.74) is 1.50. The number of hydrogen-bond donors (Lipinski definition) is 2. The first-order valence-electron chi connectivity index (χ1n) is 11.0. The minimum Gasteiger partial charge on any atom is -0.372 e. The van der Waals surface area contributed by atoms with Gasteiger partial charge in [0.1, 0.15) is 11.6 Å². The van der Waals surface area contributed by atoms with Crippen molar-refractivity contribution in [2.45, 2.75) is 45.3 Å². The van der Waals surface area contributed by atoms with E-state index in [1.165, 1.54) is 25.3 Å². The maximum absolute atomic E-state index is 14.7. The van der Waals surface area contributed by atoms with Gasteiger partial charge in [-0.3, -0.25) is 0 Å². The van der Waals surface area contributed by atoms with Crippen LogP contribution in [0.2, 0.25) is 0 Å². The fourth-order valence-electron chi connectivity index (χ4n) is 4.28. The van der Waals surface area contributed by atoms with Crippen molar-refractivity contribution in [2.75, 3.05) is 46.6 Å². The number of carbonyl (C=O) groups is 1. The van der Waals surface area contributed by atoms with Crippen LogP contribution in [0.25, 0.3) is 0 Å². The van der Waals surface area contributed by atoms with E-state index in [0.717, 1.165) is 18.9 Å². The van der Waals surface area contributed by atoms with Gasteiger partial charge in [0.05, 0.1) is 29.8 Å². The maximum Gasteiger partial charge on any atom is 0.323 e. The molecule has 2 atom stereocenters. The molecular weight excluding hydrogens is 397 g/mol. The van der Waals surface area contributed by atoms with Crippen LogP contribution in [0.3, 0.4) is 0 Å². The lowest BCUT2D eigenvalue weighted by Crippen LogP contribution is -2.45. The van der Waals surface area contributed by atoms with Crippen LogP contribution < -0.4 is 20.4 Å². The molecule has 0 saturated carbocycles. The van der Waals surface area contributed by atoms with E-state index in [2.05, 4.69) is 20.5 Å². The number of benzene rings is 1. The first-order chi connectivity index (χ1) is 15.0. The second-order valence-corrected chi connectivity index (χ2v) is 8.36. The van der Waals surface area contributed by atoms with Gasteiger partial charge in [-0.05, 0) is 63.4 Å². The van der Waals surface area contributed by atoms with Crippen LogP contribution in [-0.2, 0) is 4.74 Å². The van der Waals surface area contributed by atoms with E-state index in [0.29, 0.717) is 30.2 Å². The highest BCUT2D eigenvalue weighted by molar-refractivity contribution is 5.99. The monoisotopic (exact) mass is 427 g/mol. The zero-order valence-electron chi connectivity index (χ0n) is 18.1. The third kappa shape index (κ3) is 5.44. The molecule has 31 heavy (non-hydrogen) atoms. The van der Waals surface area contributed by atoms with Gasteiger partial charge in [0.25, 0.3) is 0 Å². The number of ether oxygens (including phenoxy) is 1. The molecule has 0 spiro atoms. The fraction of sp³-hybridized carbons (Fsp3) is 0.478. The third-order valence-electron chi connectivity index (χ3n) is 5.65. The van der Waals surface area contributed by atoms with Crippen molar-refractivity contribution in [2.24, 2.45) is 0 Å². The summed E-state index contributed by atoms with van der Waals surface area (Å²) in [5, 5.41) is 5.43. The standard InChI is InChI=1S/C23H30FN5O2/c1-16-14-29(15-17(2)31-16)21-8-6-18(12-20(21)24)26-23(30)27-19-7-9-22(25-13-19)28-10-4-3-5-11-28/h6-9,12-13,16-17H,3-5,10-11,14-15H2,1-2H3,(H2,26,27,30)/t16-,17-/m1/s1. The highest BCUT2D eigenvalue weighted by Gasteiger charge is 2.24. The first kappa shape index (κ1) is 21.4. The molecule has 2 aromatic rings. The summed E-state index contributed by atoms with van der Waals surface area (Å²) in [4.78, 5) is 21.0. The second-order valence-electron chi connectivity index (χ2n) is 8.36. The van der Waals surface area contributed by atoms with Crippen LogP contribution in [0.5, 0.6) is 0 Å². The number of piperidine rings is 1. The first-order valence-corrected chi connectivity index (χ1v) is 11.0. The minimum atomic E-state index is -0.437. The number of urea groups is 1. The molecule has 4 rings (SSSR count). The molecule has 2 aliphatic heterocycles. The summed E-state index contributed by atoms with van der Waals surface area (Å²) in [6, 6.07) is 8.07. The predicted molar refractivity (Wildman–Crippen MR) is 122 cm³/mol. The Hall–Kier alpha value is -2.87. The van der Waals surface area contributed by atoms with Crippen molar-refractivity contribution >= 4 is 28.9 Å². The number of rotatable bonds is 4. The van der Waals surface area contributed by atoms with Crippen LogP contribution in [0.15, 0.2) is 36.5 Å². The van der Waals surface area contributed by atoms with Gasteiger partial charge in [-0.25, -0.2) is 14.2 Å². The van der Waals surface area contributed by atoms with Crippen LogP contribution in [0.4, 0.5) is 32.1 Å². The van der Waals surface area contributed by atoms with Crippen molar-refractivity contribution in [1.29, 1.82) is 0 Å². The fourth-order valence-corrected chi connectivity index (χ4v) is 4.28. The quantitative estimate of drug-likeness (QED) is 0.754. The molecule has 0 aliphatic carbocycles. The second kappa shape index (κ2) is 9.51. The Balaban J connectivity index is 1.34. The largest absolute Gasteiger partial charge is 0.372 e. The average Bonchev–Trinajstić information content (AvgIpc) is 2.74. The number of aromatic nitrogens is 1. The lowest BCUT2D eigenvalue weighted by atomic mass is 10.1. The Bertz CT molecular complexity index is 891. The zero-order chi connectivity index (χ0) is 21.8. The molecule has 8 heteroatoms. The molecule has 1 aromatic heterocycles. The highest BCUT2D eigenvalue weighted by atomic mass is 19.1. The molecular formula is C23H30FN5O2. The van der Waals surface area contributed by atoms with Crippen molar-refractivity contribution in [1.82, 2.24) is 4.98 Å². The van der Waals surface area contributed by atoms with Crippen molar-refractivity contribution in [3.8, 4) is 0 Å². The number of nitrogens with one attached hydrogen (secondary N) is 2. The number of anilines is 4. The lowest BCUT2D eigenvalue weighted by Gasteiger charge is -2.37. The van der Waals surface area contributed by atoms with Gasteiger partial charge in [0.2, 0.25) is 0 Å². The number of carbonyl (C=O) groups excluding carboxylic acids is 1. The molecule has 2 fully saturated rings. The lowest BCUT2D eigenvalue weighted by molar-refractivity contribution is -0.00539. The zero-order valence-corrected chi connectivity index (χ0v) is 18.1. The summed E-state index contributed by atoms with van der Waals surface area (Å²) >= 11 is 0. The summed E-state index contributed by atoms with van der Waals surface area (Å²) < 4.78 is 20.4. The van der Waals surface area contributed by atoms with Crippen molar-refractivity contribution in [3.05, 3.63) is 42.3 Å². The van der Waals surface area contributed by atoms with E-state index >= 15 is 0 Å². The van der Waals surface area contributed by atoms with E-state index in [1.54, 1.807) is 18.3 Å². The number of amides is 2. The van der Waals surface area contributed by atoms with E-state index in [9.17, 15) is 9.18 Å². The summed E-state index contributed by atoms with van der Waals surface area (Å²) in [6.45, 7) is 7.27. The number of pyridine rings is 1. The van der Waals surface area contributed by atoms with Gasteiger partial charge in [-0.2, -0.15) is 0 Å². The Morgan fingerprint density at radius 3 is 2.32 bits per heavy atom. The summed E-state index contributed by atoms with van der Waals surface area (Å²) in [6.07, 6.45) is 5.37. The maximum atomic E-state index is 14.7. The Kier molecular flexibility index (Phi) is 6.56. The normalized spacial score (nSPS) is 21.6. The Morgan fingerprint density at radius 2 is 1.68 bits per heavy atom. The highest BCUT2D eigenvalue weighted by Crippen LogP contribution is 2.26. The van der Waals surface area contributed by atoms with Gasteiger partial charge < -0.3 is 25.2 Å². The van der Waals surface area contributed by atoms with Gasteiger partial charge in [0, 0.05) is 31.9 Å². The average molecular weight is 428 g/mol. The molecule has 1 aromatic carbocycles. The van der Waals surface area contributed by atoms with E-state index in [4.69, 9.17) is 4.74 Å². The van der Waals surface area contributed by atoms with Gasteiger partial charge in [-0.1, -0.05) is 0 Å². The molecule has 7 nitrogen and oxygen atoms in total. The predicted octanol–water partition coefficient (Wildman–Crippen LogP) is 4.47. The number of morpholine rings is 1. The molecule has 2 saturated heterocycles. The third-order valence-corrected chi connectivity index (χ3v) is 5.65. The topological polar surface area (TPSA) is 69.7 Å². The van der Waals surface area contributed by atoms with Crippen LogP contribution >= 0.6 is 0 Å². The summed E-state index contributed by atoms with van der Waals surface area (Å²) in [7, 11) is 0. The van der Waals surface area contributed by atoms with Crippen LogP contribution in [0, 0.1) is 5.82 Å².